The van der Waals surface area contributed by atoms with Crippen LogP contribution < -0.4 is 5.32 Å². The van der Waals surface area contributed by atoms with Crippen molar-refractivity contribution >= 4 is 33.5 Å². The highest BCUT2D eigenvalue weighted by atomic mass is 35.5. The molecule has 1 atom stereocenters. The number of amides is 1. The van der Waals surface area contributed by atoms with Gasteiger partial charge in [0.05, 0.1) is 4.90 Å². The maximum atomic E-state index is 12.5. The molecule has 0 aliphatic carbocycles. The van der Waals surface area contributed by atoms with Gasteiger partial charge in [0.15, 0.2) is 6.10 Å². The molecule has 0 heterocycles. The van der Waals surface area contributed by atoms with Crippen LogP contribution >= 0.6 is 11.6 Å². The number of benzene rings is 2. The quantitative estimate of drug-likeness (QED) is 0.606. The molecule has 0 saturated carbocycles. The predicted octanol–water partition coefficient (Wildman–Crippen LogP) is 2.25. The number of halogens is 1. The molecule has 1 N–H and O–H groups in total. The first-order valence-corrected chi connectivity index (χ1v) is 10.7. The van der Waals surface area contributed by atoms with Crippen LogP contribution in [0.25, 0.3) is 0 Å². The Labute approximate surface area is 175 Å². The number of likely N-dealkylation sites (N-methyl/N-ethyl adjacent to an activating group) is 1. The first-order chi connectivity index (χ1) is 13.7. The Kier molecular flexibility index (Phi) is 8.19. The molecular formula is C20H23ClN2O5S. The number of hydrogen-bond acceptors (Lipinski definition) is 5. The highest BCUT2D eigenvalue weighted by molar-refractivity contribution is 7.89. The topological polar surface area (TPSA) is 92.8 Å². The Morgan fingerprint density at radius 1 is 1.10 bits per heavy atom. The molecule has 156 valence electrons. The number of nitrogens with zero attached hydrogens (tertiary/aromatic N) is 1. The van der Waals surface area contributed by atoms with Crippen LogP contribution in [0.3, 0.4) is 0 Å². The van der Waals surface area contributed by atoms with Gasteiger partial charge < -0.3 is 10.1 Å². The average Bonchev–Trinajstić information content (AvgIpc) is 2.68. The van der Waals surface area contributed by atoms with Crippen LogP contribution in [0.15, 0.2) is 59.5 Å². The first kappa shape index (κ1) is 22.9. The highest BCUT2D eigenvalue weighted by Gasteiger charge is 2.25. The van der Waals surface area contributed by atoms with Crippen molar-refractivity contribution < 1.29 is 22.7 Å². The maximum absolute atomic E-state index is 12.5. The van der Waals surface area contributed by atoms with Gasteiger partial charge in [0, 0.05) is 18.6 Å². The summed E-state index contributed by atoms with van der Waals surface area (Å²) in [5.74, 6) is -1.27. The third-order valence-electron chi connectivity index (χ3n) is 4.11. The summed E-state index contributed by atoms with van der Waals surface area (Å²) in [6.45, 7) is 1.31. The summed E-state index contributed by atoms with van der Waals surface area (Å²) in [7, 11) is -2.62. The van der Waals surface area contributed by atoms with Crippen LogP contribution in [0.1, 0.15) is 12.5 Å². The number of carbonyl (C=O) groups excluding carboxylic acids is 2. The van der Waals surface area contributed by atoms with Gasteiger partial charge in [0.25, 0.3) is 5.91 Å². The van der Waals surface area contributed by atoms with E-state index in [1.54, 1.807) is 0 Å². The van der Waals surface area contributed by atoms with Crippen LogP contribution in [0.4, 0.5) is 0 Å². The van der Waals surface area contributed by atoms with Crippen molar-refractivity contribution in [3.63, 3.8) is 0 Å². The lowest BCUT2D eigenvalue weighted by Crippen LogP contribution is -2.40. The molecule has 1 unspecified atom stereocenters. The average molecular weight is 439 g/mol. The van der Waals surface area contributed by atoms with Gasteiger partial charge >= 0.3 is 5.97 Å². The van der Waals surface area contributed by atoms with Crippen LogP contribution in [0, 0.1) is 0 Å². The van der Waals surface area contributed by atoms with Crippen LogP contribution in [-0.2, 0) is 30.8 Å². The lowest BCUT2D eigenvalue weighted by molar-refractivity contribution is -0.154. The fourth-order valence-electron chi connectivity index (χ4n) is 2.46. The summed E-state index contributed by atoms with van der Waals surface area (Å²) < 4.78 is 30.9. The van der Waals surface area contributed by atoms with Crippen molar-refractivity contribution in [2.45, 2.75) is 24.3 Å². The summed E-state index contributed by atoms with van der Waals surface area (Å²) in [6, 6.07) is 15.2. The SMILES string of the molecule is CC(OC(=O)CN(C)S(=O)(=O)c1ccc(Cl)cc1)C(=O)NCCc1ccccc1. The summed E-state index contributed by atoms with van der Waals surface area (Å²) in [4.78, 5) is 24.1. The van der Waals surface area contributed by atoms with Gasteiger partial charge in [-0.3, -0.25) is 9.59 Å². The van der Waals surface area contributed by atoms with Crippen molar-refractivity contribution in [3.8, 4) is 0 Å². The summed E-state index contributed by atoms with van der Waals surface area (Å²) >= 11 is 5.76. The van der Waals surface area contributed by atoms with Gasteiger partial charge in [-0.15, -0.1) is 0 Å². The Balaban J connectivity index is 1.82. The molecule has 0 aromatic heterocycles. The number of esters is 1. The van der Waals surface area contributed by atoms with Gasteiger partial charge in [0.2, 0.25) is 10.0 Å². The Bertz CT molecular complexity index is 933. The lowest BCUT2D eigenvalue weighted by Gasteiger charge is -2.18. The minimum atomic E-state index is -3.88. The zero-order valence-electron chi connectivity index (χ0n) is 16.2. The van der Waals surface area contributed by atoms with Crippen molar-refractivity contribution in [3.05, 3.63) is 65.2 Å². The molecule has 0 aliphatic rings. The van der Waals surface area contributed by atoms with E-state index in [1.807, 2.05) is 30.3 Å². The summed E-state index contributed by atoms with van der Waals surface area (Å²) in [5, 5.41) is 3.09. The first-order valence-electron chi connectivity index (χ1n) is 8.93. The fourth-order valence-corrected chi connectivity index (χ4v) is 3.70. The molecule has 0 bridgehead atoms. The third-order valence-corrected chi connectivity index (χ3v) is 6.18. The van der Waals surface area contributed by atoms with E-state index in [1.165, 1.54) is 38.2 Å². The largest absolute Gasteiger partial charge is 0.452 e. The molecule has 1 amide bonds. The molecule has 2 aromatic carbocycles. The third kappa shape index (κ3) is 6.85. The molecule has 2 rings (SSSR count). The second-order valence-corrected chi connectivity index (χ2v) is 8.86. The highest BCUT2D eigenvalue weighted by Crippen LogP contribution is 2.17. The molecule has 7 nitrogen and oxygen atoms in total. The van der Waals surface area contributed by atoms with E-state index in [9.17, 15) is 18.0 Å². The van der Waals surface area contributed by atoms with E-state index in [4.69, 9.17) is 16.3 Å². The Morgan fingerprint density at radius 3 is 2.34 bits per heavy atom. The number of rotatable bonds is 9. The van der Waals surface area contributed by atoms with Crippen LogP contribution in [-0.4, -0.2) is 50.8 Å². The number of hydrogen-bond donors (Lipinski definition) is 1. The van der Waals surface area contributed by atoms with Gasteiger partial charge in [-0.25, -0.2) is 8.42 Å². The molecule has 2 aromatic rings. The zero-order valence-corrected chi connectivity index (χ0v) is 17.7. The van der Waals surface area contributed by atoms with Crippen molar-refractivity contribution in [2.24, 2.45) is 0 Å². The van der Waals surface area contributed by atoms with Crippen LogP contribution in [0.5, 0.6) is 0 Å². The van der Waals surface area contributed by atoms with E-state index in [0.29, 0.717) is 18.0 Å². The van der Waals surface area contributed by atoms with E-state index >= 15 is 0 Å². The van der Waals surface area contributed by atoms with E-state index in [-0.39, 0.29) is 4.90 Å². The lowest BCUT2D eigenvalue weighted by atomic mass is 10.1. The predicted molar refractivity (Wildman–Crippen MR) is 110 cm³/mol. The molecule has 0 saturated heterocycles. The van der Waals surface area contributed by atoms with Crippen molar-refractivity contribution in [1.82, 2.24) is 9.62 Å². The van der Waals surface area contributed by atoms with Gasteiger partial charge in [-0.05, 0) is 43.2 Å². The minimum Gasteiger partial charge on any atom is -0.452 e. The molecule has 0 fully saturated rings. The Morgan fingerprint density at radius 2 is 1.72 bits per heavy atom. The number of sulfonamides is 1. The zero-order chi connectivity index (χ0) is 21.4. The Hall–Kier alpha value is -2.42. The molecule has 0 radical (unpaired) electrons. The molecule has 9 heteroatoms. The van der Waals surface area contributed by atoms with Crippen molar-refractivity contribution in [1.29, 1.82) is 0 Å². The molecule has 29 heavy (non-hydrogen) atoms. The normalized spacial score (nSPS) is 12.4. The van der Waals surface area contributed by atoms with Gasteiger partial charge in [-0.1, -0.05) is 41.9 Å². The van der Waals surface area contributed by atoms with E-state index < -0.39 is 34.5 Å². The number of carbonyl (C=O) groups is 2. The van der Waals surface area contributed by atoms with E-state index in [2.05, 4.69) is 5.32 Å². The smallest absolute Gasteiger partial charge is 0.322 e. The maximum Gasteiger partial charge on any atom is 0.322 e. The van der Waals surface area contributed by atoms with Crippen molar-refractivity contribution in [2.75, 3.05) is 20.1 Å². The summed E-state index contributed by atoms with van der Waals surface area (Å²) in [6.07, 6.45) is -0.389. The fraction of sp³-hybridized carbons (Fsp3) is 0.300. The van der Waals surface area contributed by atoms with Gasteiger partial charge in [-0.2, -0.15) is 4.31 Å². The number of ether oxygens (including phenoxy) is 1. The standard InChI is InChI=1S/C20H23ClN2O5S/c1-15(20(25)22-13-12-16-6-4-3-5-7-16)28-19(24)14-23(2)29(26,27)18-10-8-17(21)9-11-18/h3-11,15H,12-14H2,1-2H3,(H,22,25). The second-order valence-electron chi connectivity index (χ2n) is 6.37. The van der Waals surface area contributed by atoms with E-state index in [0.717, 1.165) is 9.87 Å². The monoisotopic (exact) mass is 438 g/mol. The molecule has 0 aliphatic heterocycles. The second kappa shape index (κ2) is 10.4. The van der Waals surface area contributed by atoms with Gasteiger partial charge in [0.1, 0.15) is 6.54 Å². The molecular weight excluding hydrogens is 416 g/mol. The van der Waals surface area contributed by atoms with Crippen LogP contribution in [0.2, 0.25) is 5.02 Å². The minimum absolute atomic E-state index is 0.00361. The summed E-state index contributed by atoms with van der Waals surface area (Å²) in [5.41, 5.74) is 1.08. The number of nitrogens with one attached hydrogen (secondary N) is 1. The molecule has 0 spiro atoms.